The van der Waals surface area contributed by atoms with Crippen LogP contribution in [0.1, 0.15) is 6.42 Å². The van der Waals surface area contributed by atoms with E-state index in [1.807, 2.05) is 0 Å². The fourth-order valence-corrected chi connectivity index (χ4v) is 0.434. The zero-order chi connectivity index (χ0) is 5.11. The van der Waals surface area contributed by atoms with Gasteiger partial charge < -0.3 is 5.73 Å². The lowest BCUT2D eigenvalue weighted by atomic mass is 10.3. The van der Waals surface area contributed by atoms with Gasteiger partial charge in [-0.05, 0) is 0 Å². The van der Waals surface area contributed by atoms with Crippen LogP contribution in [0.15, 0.2) is 10.2 Å². The van der Waals surface area contributed by atoms with Gasteiger partial charge in [0.2, 0.25) is 0 Å². The molecular weight excluding hydrogens is 90.1 g/mol. The van der Waals surface area contributed by atoms with Crippen LogP contribution in [0.4, 0.5) is 0 Å². The normalized spacial score (nSPS) is 17.6. The zero-order valence-electron chi connectivity index (χ0n) is 3.96. The van der Waals surface area contributed by atoms with E-state index in [2.05, 4.69) is 10.2 Å². The molecule has 0 bridgehead atoms. The molecule has 7 heavy (non-hydrogen) atoms. The molecule has 3 heteroatoms. The van der Waals surface area contributed by atoms with Gasteiger partial charge in [0.1, 0.15) is 0 Å². The predicted molar refractivity (Wildman–Crippen MR) is 29.6 cm³/mol. The van der Waals surface area contributed by atoms with E-state index in [-0.39, 0.29) is 0 Å². The van der Waals surface area contributed by atoms with E-state index in [1.54, 1.807) is 6.21 Å². The Morgan fingerprint density at radius 3 is 3.00 bits per heavy atom. The molecule has 0 radical (unpaired) electrons. The van der Waals surface area contributed by atoms with Crippen LogP contribution < -0.4 is 5.73 Å². The van der Waals surface area contributed by atoms with Crippen LogP contribution in [0.3, 0.4) is 0 Å². The maximum Gasteiger partial charge on any atom is 0.0595 e. The Morgan fingerprint density at radius 2 is 2.71 bits per heavy atom. The Labute approximate surface area is 41.9 Å². The summed E-state index contributed by atoms with van der Waals surface area (Å²) in [6.07, 6.45) is 2.60. The van der Waals surface area contributed by atoms with E-state index in [0.717, 1.165) is 12.1 Å². The van der Waals surface area contributed by atoms with Crippen LogP contribution in [0.5, 0.6) is 0 Å². The summed E-state index contributed by atoms with van der Waals surface area (Å²) in [5, 5.41) is 7.33. The number of hydrogen-bond donors (Lipinski definition) is 1. The number of hydrogen-bond acceptors (Lipinski definition) is 3. The Bertz CT molecular complexity index is 114. The smallest absolute Gasteiger partial charge is 0.0595 e. The summed E-state index contributed by atoms with van der Waals surface area (Å²) in [6, 6.07) is 0. The van der Waals surface area contributed by atoms with Crippen molar-refractivity contribution in [2.45, 2.75) is 6.42 Å². The summed E-state index contributed by atoms with van der Waals surface area (Å²) >= 11 is 0. The summed E-state index contributed by atoms with van der Waals surface area (Å²) in [5.41, 5.74) is 6.20. The van der Waals surface area contributed by atoms with Crippen molar-refractivity contribution in [3.05, 3.63) is 0 Å². The molecule has 0 saturated heterocycles. The Morgan fingerprint density at radius 1 is 1.86 bits per heavy atom. The average molecular weight is 97.1 g/mol. The fraction of sp³-hybridized carbons (Fsp3) is 0.500. The molecule has 3 nitrogen and oxygen atoms in total. The molecule has 0 aromatic carbocycles. The summed E-state index contributed by atoms with van der Waals surface area (Å²) in [7, 11) is 0. The SMILES string of the molecule is NCC1=NN=CC1. The van der Waals surface area contributed by atoms with Crippen LogP contribution in [0, 0.1) is 0 Å². The van der Waals surface area contributed by atoms with E-state index >= 15 is 0 Å². The van der Waals surface area contributed by atoms with Crippen LogP contribution >= 0.6 is 0 Å². The van der Waals surface area contributed by atoms with Crippen molar-refractivity contribution >= 4 is 11.9 Å². The molecule has 0 saturated carbocycles. The molecule has 0 atom stereocenters. The fourth-order valence-electron chi connectivity index (χ4n) is 0.434. The molecule has 0 spiro atoms. The molecule has 2 N–H and O–H groups in total. The zero-order valence-corrected chi connectivity index (χ0v) is 3.96. The molecule has 1 aliphatic heterocycles. The first kappa shape index (κ1) is 4.46. The summed E-state index contributed by atoms with van der Waals surface area (Å²) < 4.78 is 0. The second-order valence-corrected chi connectivity index (χ2v) is 1.37. The topological polar surface area (TPSA) is 50.7 Å². The first-order chi connectivity index (χ1) is 3.43. The van der Waals surface area contributed by atoms with Gasteiger partial charge in [0.05, 0.1) is 5.71 Å². The van der Waals surface area contributed by atoms with Crippen LogP contribution in [0.2, 0.25) is 0 Å². The van der Waals surface area contributed by atoms with Gasteiger partial charge in [-0.15, -0.1) is 0 Å². The first-order valence-electron chi connectivity index (χ1n) is 2.21. The third-order valence-corrected chi connectivity index (χ3v) is 0.843. The van der Waals surface area contributed by atoms with Gasteiger partial charge in [-0.3, -0.25) is 0 Å². The van der Waals surface area contributed by atoms with Gasteiger partial charge >= 0.3 is 0 Å². The minimum absolute atomic E-state index is 0.542. The predicted octanol–water partition coefficient (Wildman–Crippen LogP) is -0.224. The van der Waals surface area contributed by atoms with Crippen molar-refractivity contribution in [3.63, 3.8) is 0 Å². The van der Waals surface area contributed by atoms with Gasteiger partial charge in [-0.1, -0.05) is 0 Å². The number of rotatable bonds is 1. The van der Waals surface area contributed by atoms with Gasteiger partial charge in [0.15, 0.2) is 0 Å². The second kappa shape index (κ2) is 1.84. The van der Waals surface area contributed by atoms with Crippen molar-refractivity contribution in [1.82, 2.24) is 0 Å². The van der Waals surface area contributed by atoms with E-state index < -0.39 is 0 Å². The van der Waals surface area contributed by atoms with Crippen molar-refractivity contribution in [3.8, 4) is 0 Å². The quantitative estimate of drug-likeness (QED) is 0.483. The minimum atomic E-state index is 0.542. The lowest BCUT2D eigenvalue weighted by Crippen LogP contribution is -2.11. The Hall–Kier alpha value is -0.700. The van der Waals surface area contributed by atoms with Gasteiger partial charge in [-0.2, -0.15) is 10.2 Å². The minimum Gasteiger partial charge on any atom is -0.325 e. The summed E-state index contributed by atoms with van der Waals surface area (Å²) in [6.45, 7) is 0.542. The molecule has 1 aliphatic rings. The molecule has 38 valence electrons. The monoisotopic (exact) mass is 97.1 g/mol. The van der Waals surface area contributed by atoms with Gasteiger partial charge in [-0.25, -0.2) is 0 Å². The first-order valence-corrected chi connectivity index (χ1v) is 2.21. The molecule has 0 aromatic heterocycles. The third kappa shape index (κ3) is 0.838. The molecular formula is C4H7N3. The van der Waals surface area contributed by atoms with E-state index in [0.29, 0.717) is 6.54 Å². The molecule has 0 aliphatic carbocycles. The van der Waals surface area contributed by atoms with E-state index in [4.69, 9.17) is 5.73 Å². The van der Waals surface area contributed by atoms with E-state index in [9.17, 15) is 0 Å². The highest BCUT2D eigenvalue weighted by molar-refractivity contribution is 5.99. The third-order valence-electron chi connectivity index (χ3n) is 0.843. The standard InChI is InChI=1S/C4H7N3/c5-3-4-1-2-6-7-4/h2H,1,3,5H2. The molecule has 0 fully saturated rings. The van der Waals surface area contributed by atoms with Gasteiger partial charge in [0.25, 0.3) is 0 Å². The van der Waals surface area contributed by atoms with Gasteiger partial charge in [0, 0.05) is 19.2 Å². The highest BCUT2D eigenvalue weighted by atomic mass is 15.2. The largest absolute Gasteiger partial charge is 0.325 e. The molecule has 0 unspecified atom stereocenters. The summed E-state index contributed by atoms with van der Waals surface area (Å²) in [4.78, 5) is 0. The maximum atomic E-state index is 5.22. The molecule has 0 amide bonds. The highest BCUT2D eigenvalue weighted by Crippen LogP contribution is 1.90. The summed E-state index contributed by atoms with van der Waals surface area (Å²) in [5.74, 6) is 0. The van der Waals surface area contributed by atoms with Crippen LogP contribution in [-0.4, -0.2) is 18.5 Å². The van der Waals surface area contributed by atoms with Crippen molar-refractivity contribution in [2.24, 2.45) is 15.9 Å². The van der Waals surface area contributed by atoms with Crippen molar-refractivity contribution < 1.29 is 0 Å². The average Bonchev–Trinajstić information content (AvgIpc) is 2.14. The van der Waals surface area contributed by atoms with Crippen molar-refractivity contribution in [2.75, 3.05) is 6.54 Å². The molecule has 1 rings (SSSR count). The Kier molecular flexibility index (Phi) is 1.17. The van der Waals surface area contributed by atoms with Crippen molar-refractivity contribution in [1.29, 1.82) is 0 Å². The molecule has 1 heterocycles. The molecule has 0 aromatic rings. The lowest BCUT2D eigenvalue weighted by Gasteiger charge is -1.84. The lowest BCUT2D eigenvalue weighted by molar-refractivity contribution is 1.21. The number of nitrogens with zero attached hydrogens (tertiary/aromatic N) is 2. The van der Waals surface area contributed by atoms with Crippen LogP contribution in [-0.2, 0) is 0 Å². The highest BCUT2D eigenvalue weighted by Gasteiger charge is 1.96. The number of nitrogens with two attached hydrogens (primary N) is 1. The second-order valence-electron chi connectivity index (χ2n) is 1.37. The van der Waals surface area contributed by atoms with E-state index in [1.165, 1.54) is 0 Å². The van der Waals surface area contributed by atoms with Crippen LogP contribution in [0.25, 0.3) is 0 Å². The maximum absolute atomic E-state index is 5.22. The Balaban J connectivity index is 2.45.